The molecule has 0 radical (unpaired) electrons. The van der Waals surface area contributed by atoms with E-state index in [1.54, 1.807) is 28.4 Å². The minimum Gasteiger partial charge on any atom is -0.394 e. The molecular weight excluding hydrogens is 384 g/mol. The molecule has 0 amide bonds. The first-order valence-corrected chi connectivity index (χ1v) is 14.0. The standard InChI is InChI=1S/C22H34O4Si2/c1-23-27(24-2,21-15-9-7-10-16-21)19-13-5-6-14-20-28(25-3,26-4)22-17-11-8-12-18-22/h7-12,15-18H,5-6,13-14,19-20H2,1-4H3. The van der Waals surface area contributed by atoms with E-state index in [0.717, 1.165) is 37.8 Å². The second kappa shape index (κ2) is 11.7. The third-order valence-electron chi connectivity index (χ3n) is 5.51. The summed E-state index contributed by atoms with van der Waals surface area (Å²) in [5.74, 6) is 0. The van der Waals surface area contributed by atoms with Gasteiger partial charge in [0, 0.05) is 28.4 Å². The highest BCUT2D eigenvalue weighted by atomic mass is 28.4. The van der Waals surface area contributed by atoms with Crippen LogP contribution in [0.1, 0.15) is 25.7 Å². The Morgan fingerprint density at radius 1 is 0.500 bits per heavy atom. The van der Waals surface area contributed by atoms with E-state index < -0.39 is 17.1 Å². The van der Waals surface area contributed by atoms with Crippen LogP contribution < -0.4 is 10.4 Å². The maximum Gasteiger partial charge on any atom is 0.371 e. The zero-order chi connectivity index (χ0) is 20.3. The van der Waals surface area contributed by atoms with Crippen molar-refractivity contribution in [1.29, 1.82) is 0 Å². The van der Waals surface area contributed by atoms with Gasteiger partial charge in [-0.25, -0.2) is 0 Å². The number of hydrogen-bond donors (Lipinski definition) is 0. The predicted octanol–water partition coefficient (Wildman–Crippen LogP) is 3.83. The molecule has 154 valence electrons. The molecule has 0 unspecified atom stereocenters. The number of unbranched alkanes of at least 4 members (excludes halogenated alkanes) is 3. The third kappa shape index (κ3) is 5.62. The molecule has 0 aliphatic carbocycles. The van der Waals surface area contributed by atoms with Crippen molar-refractivity contribution in [2.45, 2.75) is 37.8 Å². The predicted molar refractivity (Wildman–Crippen MR) is 120 cm³/mol. The highest BCUT2D eigenvalue weighted by Gasteiger charge is 2.38. The van der Waals surface area contributed by atoms with Gasteiger partial charge in [-0.3, -0.25) is 0 Å². The molecule has 0 saturated heterocycles. The summed E-state index contributed by atoms with van der Waals surface area (Å²) in [5.41, 5.74) is 0. The lowest BCUT2D eigenvalue weighted by Crippen LogP contribution is -2.52. The van der Waals surface area contributed by atoms with Gasteiger partial charge in [-0.1, -0.05) is 86.3 Å². The van der Waals surface area contributed by atoms with Gasteiger partial charge in [0.15, 0.2) is 0 Å². The van der Waals surface area contributed by atoms with E-state index in [1.807, 2.05) is 12.1 Å². The van der Waals surface area contributed by atoms with Gasteiger partial charge in [0.1, 0.15) is 0 Å². The molecule has 0 bridgehead atoms. The van der Waals surface area contributed by atoms with Crippen LogP contribution in [0.25, 0.3) is 0 Å². The monoisotopic (exact) mass is 418 g/mol. The molecule has 0 heterocycles. The summed E-state index contributed by atoms with van der Waals surface area (Å²) in [6.07, 6.45) is 4.51. The fourth-order valence-corrected chi connectivity index (χ4v) is 9.29. The van der Waals surface area contributed by atoms with Crippen molar-refractivity contribution < 1.29 is 17.7 Å². The van der Waals surface area contributed by atoms with Crippen LogP contribution in [-0.4, -0.2) is 45.6 Å². The van der Waals surface area contributed by atoms with E-state index in [0.29, 0.717) is 0 Å². The SMILES string of the molecule is CO[Si](CCCCCC[Si](OC)(OC)c1ccccc1)(OC)c1ccccc1. The van der Waals surface area contributed by atoms with Crippen molar-refractivity contribution >= 4 is 27.5 Å². The second-order valence-corrected chi connectivity index (χ2v) is 13.8. The van der Waals surface area contributed by atoms with Crippen LogP contribution in [0, 0.1) is 0 Å². The molecule has 0 aliphatic heterocycles. The van der Waals surface area contributed by atoms with Gasteiger partial charge in [0.2, 0.25) is 0 Å². The van der Waals surface area contributed by atoms with Gasteiger partial charge < -0.3 is 17.7 Å². The van der Waals surface area contributed by atoms with Crippen molar-refractivity contribution in [3.8, 4) is 0 Å². The molecule has 0 saturated carbocycles. The van der Waals surface area contributed by atoms with Crippen LogP contribution >= 0.6 is 0 Å². The smallest absolute Gasteiger partial charge is 0.371 e. The normalized spacial score (nSPS) is 12.3. The lowest BCUT2D eigenvalue weighted by atomic mass is 10.2. The highest BCUT2D eigenvalue weighted by molar-refractivity contribution is 6.81. The van der Waals surface area contributed by atoms with Crippen LogP contribution in [0.4, 0.5) is 0 Å². The summed E-state index contributed by atoms with van der Waals surface area (Å²) in [4.78, 5) is 0. The van der Waals surface area contributed by atoms with Crippen LogP contribution in [-0.2, 0) is 17.7 Å². The van der Waals surface area contributed by atoms with Crippen LogP contribution in [0.3, 0.4) is 0 Å². The molecule has 0 spiro atoms. The maximum absolute atomic E-state index is 5.91. The summed E-state index contributed by atoms with van der Waals surface area (Å²) in [6, 6.07) is 22.7. The zero-order valence-corrected chi connectivity index (χ0v) is 19.6. The van der Waals surface area contributed by atoms with E-state index in [4.69, 9.17) is 17.7 Å². The average Bonchev–Trinajstić information content (AvgIpc) is 2.78. The fraction of sp³-hybridized carbons (Fsp3) is 0.455. The molecule has 0 N–H and O–H groups in total. The lowest BCUT2D eigenvalue weighted by Gasteiger charge is -2.28. The second-order valence-electron chi connectivity index (χ2n) is 6.97. The minimum atomic E-state index is -2.32. The van der Waals surface area contributed by atoms with Crippen LogP contribution in [0.2, 0.25) is 12.1 Å². The van der Waals surface area contributed by atoms with Crippen LogP contribution in [0.15, 0.2) is 60.7 Å². The third-order valence-corrected chi connectivity index (χ3v) is 12.6. The topological polar surface area (TPSA) is 36.9 Å². The Morgan fingerprint density at radius 3 is 1.11 bits per heavy atom. The average molecular weight is 419 g/mol. The van der Waals surface area contributed by atoms with E-state index in [2.05, 4.69) is 48.5 Å². The molecule has 0 aromatic heterocycles. The maximum atomic E-state index is 5.91. The molecule has 6 heteroatoms. The van der Waals surface area contributed by atoms with Gasteiger partial charge >= 0.3 is 17.1 Å². The van der Waals surface area contributed by atoms with Gasteiger partial charge in [-0.05, 0) is 22.5 Å². The first-order valence-electron chi connectivity index (χ1n) is 9.98. The summed E-state index contributed by atoms with van der Waals surface area (Å²) in [6.45, 7) is 0. The van der Waals surface area contributed by atoms with Crippen molar-refractivity contribution in [1.82, 2.24) is 0 Å². The molecule has 0 aliphatic rings. The molecule has 28 heavy (non-hydrogen) atoms. The van der Waals surface area contributed by atoms with Crippen molar-refractivity contribution in [3.05, 3.63) is 60.7 Å². The molecule has 2 aromatic rings. The number of rotatable bonds is 13. The van der Waals surface area contributed by atoms with E-state index in [9.17, 15) is 0 Å². The Hall–Kier alpha value is -1.29. The summed E-state index contributed by atoms with van der Waals surface area (Å²) >= 11 is 0. The lowest BCUT2D eigenvalue weighted by molar-refractivity contribution is 0.253. The van der Waals surface area contributed by atoms with Gasteiger partial charge in [-0.15, -0.1) is 0 Å². The van der Waals surface area contributed by atoms with Crippen LogP contribution in [0.5, 0.6) is 0 Å². The molecule has 2 rings (SSSR count). The minimum absolute atomic E-state index is 0.972. The Kier molecular flexibility index (Phi) is 9.57. The van der Waals surface area contributed by atoms with Gasteiger partial charge in [-0.2, -0.15) is 0 Å². The van der Waals surface area contributed by atoms with E-state index in [1.165, 1.54) is 10.4 Å². The zero-order valence-electron chi connectivity index (χ0n) is 17.6. The molecule has 2 aromatic carbocycles. The van der Waals surface area contributed by atoms with E-state index >= 15 is 0 Å². The summed E-state index contributed by atoms with van der Waals surface area (Å²) < 4.78 is 23.6. The first-order chi connectivity index (χ1) is 13.7. The number of benzene rings is 2. The molecule has 0 atom stereocenters. The van der Waals surface area contributed by atoms with Crippen molar-refractivity contribution in [3.63, 3.8) is 0 Å². The summed E-state index contributed by atoms with van der Waals surface area (Å²) in [5, 5.41) is 2.41. The molecule has 4 nitrogen and oxygen atoms in total. The molecule has 0 fully saturated rings. The highest BCUT2D eigenvalue weighted by Crippen LogP contribution is 2.21. The number of hydrogen-bond acceptors (Lipinski definition) is 4. The Bertz CT molecular complexity index is 599. The van der Waals surface area contributed by atoms with Crippen molar-refractivity contribution in [2.75, 3.05) is 28.4 Å². The van der Waals surface area contributed by atoms with Gasteiger partial charge in [0.25, 0.3) is 0 Å². The Morgan fingerprint density at radius 2 is 0.821 bits per heavy atom. The quantitative estimate of drug-likeness (QED) is 0.366. The first kappa shape index (κ1) is 23.0. The van der Waals surface area contributed by atoms with Crippen molar-refractivity contribution in [2.24, 2.45) is 0 Å². The van der Waals surface area contributed by atoms with E-state index in [-0.39, 0.29) is 0 Å². The summed E-state index contributed by atoms with van der Waals surface area (Å²) in [7, 11) is 2.46. The van der Waals surface area contributed by atoms with Gasteiger partial charge in [0.05, 0.1) is 0 Å². The Balaban J connectivity index is 1.84. The Labute approximate surface area is 172 Å². The largest absolute Gasteiger partial charge is 0.394 e. The fourth-order valence-electron chi connectivity index (χ4n) is 3.79. The molecular formula is C22H34O4Si2.